The highest BCUT2D eigenvalue weighted by atomic mass is 35.5. The molecule has 0 saturated heterocycles. The molecule has 0 fully saturated rings. The monoisotopic (exact) mass is 491 g/mol. The standard InChI is InChI=1S/C32H26ClNO2/c33-28-16-14-26-15-18-29(34-32(26)23-28)17-13-24-7-4-11-30(21-24)35-19-6-20-36-31-12-5-10-27(22-31)25-8-2-1-3-9-25/h1-5,7-18,21-23H,6,19-20H2/b17-13+. The summed E-state index contributed by atoms with van der Waals surface area (Å²) in [5.41, 5.74) is 5.15. The number of aromatic nitrogens is 1. The maximum Gasteiger partial charge on any atom is 0.119 e. The first kappa shape index (κ1) is 23.7. The summed E-state index contributed by atoms with van der Waals surface area (Å²) >= 11 is 6.10. The van der Waals surface area contributed by atoms with E-state index in [-0.39, 0.29) is 0 Å². The van der Waals surface area contributed by atoms with Crippen molar-refractivity contribution in [3.8, 4) is 22.6 Å². The third-order valence-corrected chi connectivity index (χ3v) is 5.98. The second-order valence-corrected chi connectivity index (χ2v) is 8.86. The van der Waals surface area contributed by atoms with Crippen LogP contribution in [0.2, 0.25) is 5.02 Å². The lowest BCUT2D eigenvalue weighted by molar-refractivity contribution is 0.247. The number of benzene rings is 4. The smallest absolute Gasteiger partial charge is 0.119 e. The van der Waals surface area contributed by atoms with E-state index in [1.807, 2.05) is 91.0 Å². The van der Waals surface area contributed by atoms with Crippen LogP contribution in [0.5, 0.6) is 11.5 Å². The minimum Gasteiger partial charge on any atom is -0.493 e. The number of fused-ring (bicyclic) bond motifs is 1. The average molecular weight is 492 g/mol. The van der Waals surface area contributed by atoms with Gasteiger partial charge in [-0.05, 0) is 65.2 Å². The number of hydrogen-bond acceptors (Lipinski definition) is 3. The lowest BCUT2D eigenvalue weighted by Crippen LogP contribution is -2.05. The van der Waals surface area contributed by atoms with Gasteiger partial charge in [-0.25, -0.2) is 4.98 Å². The molecule has 4 heteroatoms. The van der Waals surface area contributed by atoms with Crippen molar-refractivity contribution < 1.29 is 9.47 Å². The number of nitrogens with zero attached hydrogens (tertiary/aromatic N) is 1. The number of halogens is 1. The van der Waals surface area contributed by atoms with E-state index in [1.54, 1.807) is 0 Å². The van der Waals surface area contributed by atoms with Gasteiger partial charge in [0.15, 0.2) is 0 Å². The van der Waals surface area contributed by atoms with Crippen molar-refractivity contribution in [2.24, 2.45) is 0 Å². The Morgan fingerprint density at radius 2 is 1.36 bits per heavy atom. The van der Waals surface area contributed by atoms with Gasteiger partial charge >= 0.3 is 0 Å². The molecule has 1 heterocycles. The molecular weight excluding hydrogens is 466 g/mol. The van der Waals surface area contributed by atoms with Crippen molar-refractivity contribution in [2.75, 3.05) is 13.2 Å². The summed E-state index contributed by atoms with van der Waals surface area (Å²) in [5, 5.41) is 1.76. The van der Waals surface area contributed by atoms with Crippen LogP contribution in [0.3, 0.4) is 0 Å². The zero-order chi connectivity index (χ0) is 24.6. The van der Waals surface area contributed by atoms with Crippen molar-refractivity contribution in [1.82, 2.24) is 4.98 Å². The van der Waals surface area contributed by atoms with E-state index in [4.69, 9.17) is 21.1 Å². The Balaban J connectivity index is 1.12. The highest BCUT2D eigenvalue weighted by Crippen LogP contribution is 2.24. The first-order valence-corrected chi connectivity index (χ1v) is 12.4. The van der Waals surface area contributed by atoms with Crippen molar-refractivity contribution in [2.45, 2.75) is 6.42 Å². The zero-order valence-corrected chi connectivity index (χ0v) is 20.6. The quantitative estimate of drug-likeness (QED) is 0.193. The van der Waals surface area contributed by atoms with E-state index in [0.29, 0.717) is 18.2 Å². The molecule has 0 radical (unpaired) electrons. The summed E-state index contributed by atoms with van der Waals surface area (Å²) in [6, 6.07) is 36.3. The molecule has 0 atom stereocenters. The summed E-state index contributed by atoms with van der Waals surface area (Å²) in [7, 11) is 0. The Morgan fingerprint density at radius 1 is 0.639 bits per heavy atom. The highest BCUT2D eigenvalue weighted by Gasteiger charge is 2.01. The van der Waals surface area contributed by atoms with Gasteiger partial charge in [-0.3, -0.25) is 0 Å². The molecule has 178 valence electrons. The van der Waals surface area contributed by atoms with Crippen LogP contribution in [-0.4, -0.2) is 18.2 Å². The Bertz CT molecular complexity index is 1480. The molecule has 0 unspecified atom stereocenters. The first-order chi connectivity index (χ1) is 17.7. The Morgan fingerprint density at radius 3 is 2.19 bits per heavy atom. The number of pyridine rings is 1. The van der Waals surface area contributed by atoms with Crippen molar-refractivity contribution >= 4 is 34.7 Å². The molecule has 0 aliphatic carbocycles. The molecule has 0 bridgehead atoms. The Kier molecular flexibility index (Phi) is 7.60. The van der Waals surface area contributed by atoms with Gasteiger partial charge in [0.05, 0.1) is 24.4 Å². The number of ether oxygens (including phenoxy) is 2. The molecule has 5 aromatic rings. The molecular formula is C32H26ClNO2. The molecule has 0 amide bonds. The third kappa shape index (κ3) is 6.32. The lowest BCUT2D eigenvalue weighted by Gasteiger charge is -2.10. The van der Waals surface area contributed by atoms with Gasteiger partial charge in [-0.2, -0.15) is 0 Å². The second-order valence-electron chi connectivity index (χ2n) is 8.42. The Hall–Kier alpha value is -4.08. The fraction of sp³-hybridized carbons (Fsp3) is 0.0938. The molecule has 0 saturated carbocycles. The van der Waals surface area contributed by atoms with E-state index in [9.17, 15) is 0 Å². The summed E-state index contributed by atoms with van der Waals surface area (Å²) in [4.78, 5) is 4.67. The predicted molar refractivity (Wildman–Crippen MR) is 150 cm³/mol. The first-order valence-electron chi connectivity index (χ1n) is 12.0. The minimum atomic E-state index is 0.582. The van der Waals surface area contributed by atoms with E-state index in [2.05, 4.69) is 35.3 Å². The number of rotatable bonds is 9. The maximum absolute atomic E-state index is 6.10. The van der Waals surface area contributed by atoms with Gasteiger partial charge in [-0.1, -0.05) is 84.4 Å². The van der Waals surface area contributed by atoms with Crippen LogP contribution in [0, 0.1) is 0 Å². The molecule has 4 aromatic carbocycles. The van der Waals surface area contributed by atoms with Crippen molar-refractivity contribution in [3.05, 3.63) is 125 Å². The van der Waals surface area contributed by atoms with Gasteiger partial charge in [0.1, 0.15) is 11.5 Å². The fourth-order valence-corrected chi connectivity index (χ4v) is 4.09. The van der Waals surface area contributed by atoms with Gasteiger partial charge in [0, 0.05) is 16.8 Å². The Labute approximate surface area is 216 Å². The second kappa shape index (κ2) is 11.6. The fourth-order valence-electron chi connectivity index (χ4n) is 3.92. The maximum atomic E-state index is 6.10. The van der Waals surface area contributed by atoms with Gasteiger partial charge in [0.2, 0.25) is 0 Å². The molecule has 5 rings (SSSR count). The zero-order valence-electron chi connectivity index (χ0n) is 19.8. The van der Waals surface area contributed by atoms with Crippen LogP contribution < -0.4 is 9.47 Å². The molecule has 0 aliphatic rings. The van der Waals surface area contributed by atoms with E-state index in [0.717, 1.165) is 45.6 Å². The van der Waals surface area contributed by atoms with Crippen LogP contribution in [0.1, 0.15) is 17.7 Å². The largest absolute Gasteiger partial charge is 0.493 e. The molecule has 0 spiro atoms. The van der Waals surface area contributed by atoms with Gasteiger partial charge < -0.3 is 9.47 Å². The molecule has 36 heavy (non-hydrogen) atoms. The van der Waals surface area contributed by atoms with Crippen LogP contribution in [0.25, 0.3) is 34.2 Å². The van der Waals surface area contributed by atoms with E-state index >= 15 is 0 Å². The van der Waals surface area contributed by atoms with Crippen LogP contribution >= 0.6 is 11.6 Å². The van der Waals surface area contributed by atoms with E-state index < -0.39 is 0 Å². The molecule has 0 N–H and O–H groups in total. The predicted octanol–water partition coefficient (Wildman–Crippen LogP) is 8.57. The summed E-state index contributed by atoms with van der Waals surface area (Å²) in [5.74, 6) is 1.70. The topological polar surface area (TPSA) is 31.4 Å². The van der Waals surface area contributed by atoms with Crippen molar-refractivity contribution in [3.63, 3.8) is 0 Å². The lowest BCUT2D eigenvalue weighted by atomic mass is 10.1. The number of hydrogen-bond donors (Lipinski definition) is 0. The van der Waals surface area contributed by atoms with E-state index in [1.165, 1.54) is 5.56 Å². The SMILES string of the molecule is Clc1ccc2ccc(/C=C/c3cccc(OCCCOc4cccc(-c5ccccc5)c4)c3)nc2c1. The van der Waals surface area contributed by atoms with Crippen LogP contribution in [0.4, 0.5) is 0 Å². The summed E-state index contributed by atoms with van der Waals surface area (Å²) in [6.45, 7) is 1.17. The minimum absolute atomic E-state index is 0.582. The van der Waals surface area contributed by atoms with Crippen LogP contribution in [0.15, 0.2) is 109 Å². The van der Waals surface area contributed by atoms with Crippen LogP contribution in [-0.2, 0) is 0 Å². The normalized spacial score (nSPS) is 11.1. The summed E-state index contributed by atoms with van der Waals surface area (Å²) < 4.78 is 11.9. The average Bonchev–Trinajstić information content (AvgIpc) is 2.92. The van der Waals surface area contributed by atoms with Gasteiger partial charge in [0.25, 0.3) is 0 Å². The molecule has 0 aliphatic heterocycles. The molecule has 3 nitrogen and oxygen atoms in total. The van der Waals surface area contributed by atoms with Gasteiger partial charge in [-0.15, -0.1) is 0 Å². The van der Waals surface area contributed by atoms with Crippen molar-refractivity contribution in [1.29, 1.82) is 0 Å². The third-order valence-electron chi connectivity index (χ3n) is 5.75. The highest BCUT2D eigenvalue weighted by molar-refractivity contribution is 6.31. The summed E-state index contributed by atoms with van der Waals surface area (Å²) in [6.07, 6.45) is 4.82. The molecule has 1 aromatic heterocycles.